The van der Waals surface area contributed by atoms with Gasteiger partial charge in [-0.15, -0.1) is 0 Å². The molecule has 0 saturated heterocycles. The highest BCUT2D eigenvalue weighted by atomic mass is 19.4. The fraction of sp³-hybridized carbons (Fsp3) is 0.304. The zero-order valence-electron chi connectivity index (χ0n) is 17.4. The first-order valence-electron chi connectivity index (χ1n) is 9.47. The van der Waals surface area contributed by atoms with Crippen LogP contribution in [-0.4, -0.2) is 19.3 Å². The lowest BCUT2D eigenvalue weighted by Crippen LogP contribution is -2.22. The van der Waals surface area contributed by atoms with Crippen LogP contribution in [-0.2, 0) is 17.8 Å². The summed E-state index contributed by atoms with van der Waals surface area (Å²) in [6.07, 6.45) is -9.99. The van der Waals surface area contributed by atoms with Crippen molar-refractivity contribution in [3.63, 3.8) is 0 Å². The Bertz CT molecular complexity index is 1260. The summed E-state index contributed by atoms with van der Waals surface area (Å²) >= 11 is 0. The van der Waals surface area contributed by atoms with Crippen LogP contribution in [0.25, 0.3) is 21.9 Å². The summed E-state index contributed by atoms with van der Waals surface area (Å²) in [5.41, 5.74) is -4.03. The predicted octanol–water partition coefficient (Wildman–Crippen LogP) is 6.91. The molecule has 1 N–H and O–H groups in total. The fourth-order valence-electron chi connectivity index (χ4n) is 4.55. The van der Waals surface area contributed by atoms with Gasteiger partial charge in [0.2, 0.25) is 0 Å². The van der Waals surface area contributed by atoms with E-state index in [0.717, 1.165) is 6.07 Å². The van der Waals surface area contributed by atoms with Gasteiger partial charge in [-0.05, 0) is 58.0 Å². The van der Waals surface area contributed by atoms with E-state index in [1.165, 1.54) is 46.3 Å². The molecule has 3 aromatic rings. The Morgan fingerprint density at radius 1 is 0.781 bits per heavy atom. The number of benzene rings is 3. The first-order valence-corrected chi connectivity index (χ1v) is 9.47. The molecule has 0 bridgehead atoms. The van der Waals surface area contributed by atoms with Crippen LogP contribution in [0, 0.1) is 0 Å². The Morgan fingerprint density at radius 2 is 1.34 bits per heavy atom. The van der Waals surface area contributed by atoms with Crippen LogP contribution >= 0.6 is 0 Å². The molecule has 3 aromatic carbocycles. The summed E-state index contributed by atoms with van der Waals surface area (Å²) in [4.78, 5) is 0. The molecule has 3 nitrogen and oxygen atoms in total. The molecule has 0 aromatic heterocycles. The van der Waals surface area contributed by atoms with Crippen molar-refractivity contribution in [2.24, 2.45) is 0 Å². The molecule has 32 heavy (non-hydrogen) atoms. The van der Waals surface area contributed by atoms with Crippen LogP contribution in [0.5, 0.6) is 17.2 Å². The number of phenols is 1. The molecule has 0 atom stereocenters. The normalized spacial score (nSPS) is 14.9. The van der Waals surface area contributed by atoms with E-state index in [9.17, 15) is 31.4 Å². The van der Waals surface area contributed by atoms with Crippen molar-refractivity contribution in [2.75, 3.05) is 14.2 Å². The van der Waals surface area contributed by atoms with Crippen molar-refractivity contribution in [3.8, 4) is 28.4 Å². The number of alkyl halides is 6. The number of fused-ring (bicyclic) bond motifs is 5. The summed E-state index contributed by atoms with van der Waals surface area (Å²) in [6.45, 7) is 2.98. The third kappa shape index (κ3) is 3.05. The van der Waals surface area contributed by atoms with Crippen LogP contribution in [0.1, 0.15) is 36.1 Å². The zero-order valence-corrected chi connectivity index (χ0v) is 17.4. The lowest BCUT2D eigenvalue weighted by molar-refractivity contribution is -0.143. The predicted molar refractivity (Wildman–Crippen MR) is 106 cm³/mol. The van der Waals surface area contributed by atoms with Gasteiger partial charge in [0.15, 0.2) is 11.5 Å². The van der Waals surface area contributed by atoms with Gasteiger partial charge in [-0.2, -0.15) is 26.3 Å². The molecule has 4 rings (SSSR count). The molecule has 0 fully saturated rings. The quantitative estimate of drug-likeness (QED) is 0.426. The molecule has 0 aliphatic heterocycles. The van der Waals surface area contributed by atoms with Crippen molar-refractivity contribution in [2.45, 2.75) is 31.6 Å². The van der Waals surface area contributed by atoms with Gasteiger partial charge >= 0.3 is 12.4 Å². The van der Waals surface area contributed by atoms with Gasteiger partial charge in [0.05, 0.1) is 25.3 Å². The van der Waals surface area contributed by atoms with E-state index in [0.29, 0.717) is 0 Å². The molecule has 1 aliphatic carbocycles. The number of methoxy groups -OCH3 is 2. The number of halogens is 6. The van der Waals surface area contributed by atoms with E-state index >= 15 is 0 Å². The topological polar surface area (TPSA) is 38.7 Å². The maximum atomic E-state index is 13.9. The van der Waals surface area contributed by atoms with Crippen LogP contribution in [0.3, 0.4) is 0 Å². The maximum Gasteiger partial charge on any atom is 0.416 e. The smallest absolute Gasteiger partial charge is 0.416 e. The number of hydrogen-bond donors (Lipinski definition) is 1. The molecule has 0 saturated carbocycles. The largest absolute Gasteiger partial charge is 0.507 e. The molecular weight excluding hydrogens is 438 g/mol. The van der Waals surface area contributed by atoms with Gasteiger partial charge in [-0.25, -0.2) is 0 Å². The highest BCUT2D eigenvalue weighted by molar-refractivity contribution is 6.06. The summed E-state index contributed by atoms with van der Waals surface area (Å²) in [5.74, 6) is 0.250. The average molecular weight is 456 g/mol. The Balaban J connectivity index is 2.22. The Hall–Kier alpha value is -3.10. The first kappa shape index (κ1) is 22.1. The Labute approximate surface area is 179 Å². The highest BCUT2D eigenvalue weighted by Crippen LogP contribution is 2.58. The van der Waals surface area contributed by atoms with Crippen molar-refractivity contribution >= 4 is 10.8 Å². The van der Waals surface area contributed by atoms with Gasteiger partial charge in [0.25, 0.3) is 0 Å². The third-order valence-electron chi connectivity index (χ3n) is 5.96. The highest BCUT2D eigenvalue weighted by Gasteiger charge is 2.47. The maximum absolute atomic E-state index is 13.9. The number of hydrogen-bond acceptors (Lipinski definition) is 3. The van der Waals surface area contributed by atoms with Gasteiger partial charge < -0.3 is 14.6 Å². The van der Waals surface area contributed by atoms with E-state index in [2.05, 4.69) is 0 Å². The number of rotatable bonds is 2. The number of aromatic hydroxyl groups is 1. The van der Waals surface area contributed by atoms with E-state index in [4.69, 9.17) is 9.47 Å². The van der Waals surface area contributed by atoms with E-state index in [-0.39, 0.29) is 56.3 Å². The van der Waals surface area contributed by atoms with Crippen LogP contribution in [0.2, 0.25) is 0 Å². The molecule has 9 heteroatoms. The average Bonchev–Trinajstić information content (AvgIpc) is 2.92. The van der Waals surface area contributed by atoms with Crippen molar-refractivity contribution < 1.29 is 40.9 Å². The Morgan fingerprint density at radius 3 is 1.84 bits per heavy atom. The van der Waals surface area contributed by atoms with Gasteiger partial charge in [-0.3, -0.25) is 0 Å². The minimum absolute atomic E-state index is 0.151. The van der Waals surface area contributed by atoms with Crippen molar-refractivity contribution in [1.82, 2.24) is 0 Å². The molecule has 0 unspecified atom stereocenters. The van der Waals surface area contributed by atoms with E-state index in [1.807, 2.05) is 0 Å². The zero-order chi connectivity index (χ0) is 23.8. The van der Waals surface area contributed by atoms with Crippen LogP contribution in [0.4, 0.5) is 26.3 Å². The monoisotopic (exact) mass is 456 g/mol. The lowest BCUT2D eigenvalue weighted by atomic mass is 9.79. The van der Waals surface area contributed by atoms with Crippen LogP contribution < -0.4 is 9.47 Å². The molecule has 1 aliphatic rings. The summed E-state index contributed by atoms with van der Waals surface area (Å²) in [5, 5.41) is 11.1. The first-order chi connectivity index (χ1) is 14.7. The number of phenolic OH excluding ortho intramolecular Hbond substituents is 1. The molecule has 0 radical (unpaired) electrons. The minimum atomic E-state index is -5.01. The minimum Gasteiger partial charge on any atom is -0.507 e. The summed E-state index contributed by atoms with van der Waals surface area (Å²) in [6, 6.07) is 5.08. The second-order valence-electron chi connectivity index (χ2n) is 8.14. The van der Waals surface area contributed by atoms with Gasteiger partial charge in [0, 0.05) is 10.8 Å². The standard InChI is InChI=1S/C23H18F6O3/c1-21(2)14-9-16(30)11-7-17(31-3)18(32-4)8-12(11)19(14)13-5-10(22(24,25)26)6-15(20(13)21)23(27,28)29/h5-9,30H,1-4H3. The molecule has 0 heterocycles. The van der Waals surface area contributed by atoms with Gasteiger partial charge in [0.1, 0.15) is 5.75 Å². The lowest BCUT2D eigenvalue weighted by Gasteiger charge is -2.26. The second-order valence-corrected chi connectivity index (χ2v) is 8.14. The van der Waals surface area contributed by atoms with E-state index < -0.39 is 28.9 Å². The summed E-state index contributed by atoms with van der Waals surface area (Å²) in [7, 11) is 2.73. The van der Waals surface area contributed by atoms with Gasteiger partial charge in [-0.1, -0.05) is 13.8 Å². The molecule has 170 valence electrons. The second kappa shape index (κ2) is 6.70. The fourth-order valence-corrected chi connectivity index (χ4v) is 4.55. The molecular formula is C23H18F6O3. The van der Waals surface area contributed by atoms with Crippen molar-refractivity contribution in [3.05, 3.63) is 52.6 Å². The van der Waals surface area contributed by atoms with Crippen LogP contribution in [0.15, 0.2) is 30.3 Å². The third-order valence-corrected chi connectivity index (χ3v) is 5.96. The number of ether oxygens (including phenoxy) is 2. The Kier molecular flexibility index (Phi) is 4.63. The van der Waals surface area contributed by atoms with E-state index in [1.54, 1.807) is 0 Å². The SMILES string of the molecule is COc1cc2c(O)cc3c(c2cc1OC)-c1cc(C(F)(F)F)cc(C(F)(F)F)c1C3(C)C. The summed E-state index contributed by atoms with van der Waals surface area (Å²) < 4.78 is 92.9. The van der Waals surface area contributed by atoms with Crippen molar-refractivity contribution in [1.29, 1.82) is 0 Å². The molecule has 0 spiro atoms. The molecule has 0 amide bonds.